The van der Waals surface area contributed by atoms with Gasteiger partial charge < -0.3 is 20.1 Å². The molecule has 2 atom stereocenters. The van der Waals surface area contributed by atoms with Gasteiger partial charge >= 0.3 is 11.8 Å². The number of amides is 2. The number of carbonyl (C=O) groups excluding carboxylic acids is 2. The van der Waals surface area contributed by atoms with Crippen LogP contribution in [0.1, 0.15) is 44.1 Å². The van der Waals surface area contributed by atoms with Crippen molar-refractivity contribution < 1.29 is 19.1 Å². The van der Waals surface area contributed by atoms with E-state index in [1.807, 2.05) is 18.2 Å². The van der Waals surface area contributed by atoms with E-state index in [9.17, 15) is 9.59 Å². The lowest BCUT2D eigenvalue weighted by Gasteiger charge is -2.20. The second-order valence-corrected chi connectivity index (χ2v) is 7.09. The van der Waals surface area contributed by atoms with Crippen LogP contribution in [0, 0.1) is 5.92 Å². The van der Waals surface area contributed by atoms with Gasteiger partial charge in [-0.15, -0.1) is 0 Å². The van der Waals surface area contributed by atoms with E-state index < -0.39 is 11.8 Å². The molecule has 0 spiro atoms. The van der Waals surface area contributed by atoms with Gasteiger partial charge in [0.1, 0.15) is 0 Å². The van der Waals surface area contributed by atoms with E-state index in [2.05, 4.69) is 6.92 Å². The monoisotopic (exact) mass is 346 g/mol. The third kappa shape index (κ3) is 3.72. The summed E-state index contributed by atoms with van der Waals surface area (Å²) < 4.78 is 11.6. The molecule has 2 N–H and O–H groups in total. The Morgan fingerprint density at radius 2 is 1.88 bits per heavy atom. The van der Waals surface area contributed by atoms with Gasteiger partial charge in [0.2, 0.25) is 0 Å². The lowest BCUT2D eigenvalue weighted by molar-refractivity contribution is -0.143. The van der Waals surface area contributed by atoms with Crippen molar-refractivity contribution in [1.29, 1.82) is 0 Å². The van der Waals surface area contributed by atoms with Crippen molar-refractivity contribution in [1.82, 2.24) is 4.90 Å². The van der Waals surface area contributed by atoms with Crippen molar-refractivity contribution in [3.8, 4) is 11.5 Å². The fraction of sp³-hybridized carbons (Fsp3) is 0.579. The predicted octanol–water partition coefficient (Wildman–Crippen LogP) is 2.06. The summed E-state index contributed by atoms with van der Waals surface area (Å²) in [4.78, 5) is 24.6. The summed E-state index contributed by atoms with van der Waals surface area (Å²) in [7, 11) is 1.64. The third-order valence-corrected chi connectivity index (χ3v) is 5.32. The molecular weight excluding hydrogens is 320 g/mol. The van der Waals surface area contributed by atoms with Gasteiger partial charge in [-0.25, -0.2) is 0 Å². The lowest BCUT2D eigenvalue weighted by atomic mass is 9.90. The number of methoxy groups -OCH3 is 1. The van der Waals surface area contributed by atoms with Crippen molar-refractivity contribution in [3.63, 3.8) is 0 Å². The molecule has 1 saturated heterocycles. The molecule has 3 rings (SSSR count). The molecule has 136 valence electrons. The Bertz CT molecular complexity index is 655. The smallest absolute Gasteiger partial charge is 0.311 e. The van der Waals surface area contributed by atoms with Crippen molar-refractivity contribution in [2.45, 2.75) is 44.6 Å². The van der Waals surface area contributed by atoms with Crippen LogP contribution in [0.4, 0.5) is 0 Å². The van der Waals surface area contributed by atoms with Gasteiger partial charge in [0, 0.05) is 19.0 Å². The van der Waals surface area contributed by atoms with E-state index in [4.69, 9.17) is 15.2 Å². The average Bonchev–Trinajstić information content (AvgIpc) is 3.23. The highest BCUT2D eigenvalue weighted by Gasteiger charge is 2.35. The standard InChI is InChI=1S/C19H26N2O4/c1-12-10-21(19(23)18(20)22)11-15(12)13-7-8-16(24-2)17(9-13)25-14-5-3-4-6-14/h7-9,12,14-15H,3-6,10-11H2,1-2H3,(H2,20,22). The Morgan fingerprint density at radius 3 is 2.52 bits per heavy atom. The maximum Gasteiger partial charge on any atom is 0.311 e. The number of primary amides is 1. The fourth-order valence-corrected chi connectivity index (χ4v) is 3.92. The summed E-state index contributed by atoms with van der Waals surface area (Å²) in [6.07, 6.45) is 4.81. The zero-order chi connectivity index (χ0) is 18.0. The van der Waals surface area contributed by atoms with E-state index >= 15 is 0 Å². The highest BCUT2D eigenvalue weighted by atomic mass is 16.5. The first-order valence-electron chi connectivity index (χ1n) is 8.93. The molecule has 1 aliphatic heterocycles. The first-order chi connectivity index (χ1) is 12.0. The van der Waals surface area contributed by atoms with E-state index in [1.165, 1.54) is 12.8 Å². The van der Waals surface area contributed by atoms with Crippen molar-refractivity contribution in [2.75, 3.05) is 20.2 Å². The van der Waals surface area contributed by atoms with Gasteiger partial charge in [-0.05, 0) is 49.3 Å². The summed E-state index contributed by atoms with van der Waals surface area (Å²) in [5, 5.41) is 0. The minimum Gasteiger partial charge on any atom is -0.493 e. The van der Waals surface area contributed by atoms with Gasteiger partial charge in [0.05, 0.1) is 13.2 Å². The van der Waals surface area contributed by atoms with Crippen molar-refractivity contribution in [3.05, 3.63) is 23.8 Å². The Balaban J connectivity index is 1.79. The zero-order valence-corrected chi connectivity index (χ0v) is 14.9. The van der Waals surface area contributed by atoms with Crippen LogP contribution in [0.2, 0.25) is 0 Å². The fourth-order valence-electron chi connectivity index (χ4n) is 3.92. The molecule has 0 radical (unpaired) electrons. The van der Waals surface area contributed by atoms with Gasteiger partial charge in [0.15, 0.2) is 11.5 Å². The Kier molecular flexibility index (Phi) is 5.16. The van der Waals surface area contributed by atoms with Crippen LogP contribution in [0.3, 0.4) is 0 Å². The number of nitrogens with zero attached hydrogens (tertiary/aromatic N) is 1. The van der Waals surface area contributed by atoms with Crippen LogP contribution in [0.5, 0.6) is 11.5 Å². The topological polar surface area (TPSA) is 81.9 Å². The minimum absolute atomic E-state index is 0.153. The first kappa shape index (κ1) is 17.6. The highest BCUT2D eigenvalue weighted by molar-refractivity contribution is 6.34. The SMILES string of the molecule is COc1ccc(C2CN(C(=O)C(N)=O)CC2C)cc1OC1CCCC1. The van der Waals surface area contributed by atoms with E-state index in [0.717, 1.165) is 29.9 Å². The summed E-state index contributed by atoms with van der Waals surface area (Å²) >= 11 is 0. The van der Waals surface area contributed by atoms with E-state index in [0.29, 0.717) is 13.1 Å². The molecule has 1 aromatic carbocycles. The van der Waals surface area contributed by atoms with Gasteiger partial charge in [0.25, 0.3) is 0 Å². The molecule has 1 aliphatic carbocycles. The molecule has 2 fully saturated rings. The molecule has 0 bridgehead atoms. The number of ether oxygens (including phenoxy) is 2. The number of nitrogens with two attached hydrogens (primary N) is 1. The molecule has 25 heavy (non-hydrogen) atoms. The van der Waals surface area contributed by atoms with Gasteiger partial charge in [-0.1, -0.05) is 13.0 Å². The maximum absolute atomic E-state index is 11.9. The molecular formula is C19H26N2O4. The number of benzene rings is 1. The van der Waals surface area contributed by atoms with Crippen LogP contribution < -0.4 is 15.2 Å². The molecule has 6 heteroatoms. The van der Waals surface area contributed by atoms with Crippen LogP contribution >= 0.6 is 0 Å². The predicted molar refractivity (Wildman–Crippen MR) is 93.6 cm³/mol. The van der Waals surface area contributed by atoms with Crippen LogP contribution in [0.25, 0.3) is 0 Å². The summed E-state index contributed by atoms with van der Waals surface area (Å²) in [6.45, 7) is 3.12. The van der Waals surface area contributed by atoms with Gasteiger partial charge in [-0.2, -0.15) is 0 Å². The summed E-state index contributed by atoms with van der Waals surface area (Å²) in [6, 6.07) is 5.96. The lowest BCUT2D eigenvalue weighted by Crippen LogP contribution is -2.38. The van der Waals surface area contributed by atoms with Crippen LogP contribution in [-0.2, 0) is 9.59 Å². The molecule has 1 saturated carbocycles. The molecule has 2 aliphatic rings. The van der Waals surface area contributed by atoms with Crippen LogP contribution in [-0.4, -0.2) is 43.0 Å². The number of likely N-dealkylation sites (tertiary alicyclic amines) is 1. The molecule has 6 nitrogen and oxygen atoms in total. The number of rotatable bonds is 4. The Labute approximate surface area is 148 Å². The quantitative estimate of drug-likeness (QED) is 0.846. The molecule has 1 heterocycles. The second kappa shape index (κ2) is 7.33. The second-order valence-electron chi connectivity index (χ2n) is 7.09. The molecule has 0 aromatic heterocycles. The normalized spacial score (nSPS) is 23.7. The van der Waals surface area contributed by atoms with Crippen molar-refractivity contribution in [2.24, 2.45) is 11.7 Å². The first-order valence-corrected chi connectivity index (χ1v) is 8.93. The number of hydrogen-bond acceptors (Lipinski definition) is 4. The third-order valence-electron chi connectivity index (χ3n) is 5.32. The highest BCUT2D eigenvalue weighted by Crippen LogP contribution is 2.38. The Hall–Kier alpha value is -2.24. The number of hydrogen-bond donors (Lipinski definition) is 1. The summed E-state index contributed by atoms with van der Waals surface area (Å²) in [5.41, 5.74) is 6.23. The zero-order valence-electron chi connectivity index (χ0n) is 14.9. The largest absolute Gasteiger partial charge is 0.493 e. The van der Waals surface area contributed by atoms with Gasteiger partial charge in [-0.3, -0.25) is 9.59 Å². The molecule has 2 unspecified atom stereocenters. The molecule has 2 amide bonds. The Morgan fingerprint density at radius 1 is 1.16 bits per heavy atom. The van der Waals surface area contributed by atoms with Crippen molar-refractivity contribution >= 4 is 11.8 Å². The van der Waals surface area contributed by atoms with E-state index in [1.54, 1.807) is 12.0 Å². The number of carbonyl (C=O) groups is 2. The van der Waals surface area contributed by atoms with Crippen LogP contribution in [0.15, 0.2) is 18.2 Å². The maximum atomic E-state index is 11.9. The van der Waals surface area contributed by atoms with E-state index in [-0.39, 0.29) is 17.9 Å². The minimum atomic E-state index is -0.896. The average molecular weight is 346 g/mol. The summed E-state index contributed by atoms with van der Waals surface area (Å²) in [5.74, 6) is 0.388. The molecule has 1 aromatic rings.